The molecule has 3 rings (SSSR count). The van der Waals surface area contributed by atoms with Gasteiger partial charge in [-0.3, -0.25) is 4.79 Å². The van der Waals surface area contributed by atoms with E-state index < -0.39 is 5.97 Å². The zero-order valence-electron chi connectivity index (χ0n) is 11.4. The molecule has 1 aliphatic heterocycles. The molecular formula is C15H17ClO4. The van der Waals surface area contributed by atoms with E-state index in [1.54, 1.807) is 6.07 Å². The van der Waals surface area contributed by atoms with Crippen molar-refractivity contribution in [1.82, 2.24) is 0 Å². The lowest BCUT2D eigenvalue weighted by Gasteiger charge is -2.26. The molecule has 1 aliphatic carbocycles. The minimum Gasteiger partial charge on any atom is -0.486 e. The predicted molar refractivity (Wildman–Crippen MR) is 75.0 cm³/mol. The molecular weight excluding hydrogens is 280 g/mol. The maximum Gasteiger partial charge on any atom is 0.304 e. The number of fused-ring (bicyclic) bond motifs is 1. The molecule has 0 aromatic heterocycles. The minimum absolute atomic E-state index is 0.124. The lowest BCUT2D eigenvalue weighted by atomic mass is 9.86. The Morgan fingerprint density at radius 2 is 2.10 bits per heavy atom. The fourth-order valence-corrected chi connectivity index (χ4v) is 3.50. The van der Waals surface area contributed by atoms with Crippen LogP contribution in [0.2, 0.25) is 5.02 Å². The average molecular weight is 297 g/mol. The molecule has 0 unspecified atom stereocenters. The van der Waals surface area contributed by atoms with Gasteiger partial charge in [-0.2, -0.15) is 0 Å². The first-order valence-electron chi connectivity index (χ1n) is 6.90. The van der Waals surface area contributed by atoms with Crippen LogP contribution in [0.5, 0.6) is 11.5 Å². The van der Waals surface area contributed by atoms with Gasteiger partial charge in [0.15, 0.2) is 11.5 Å². The topological polar surface area (TPSA) is 55.8 Å². The molecule has 0 radical (unpaired) electrons. The molecule has 0 saturated heterocycles. The second-order valence-corrected chi connectivity index (χ2v) is 5.85. The highest BCUT2D eigenvalue weighted by Crippen LogP contribution is 2.57. The quantitative estimate of drug-likeness (QED) is 0.927. The molecule has 4 nitrogen and oxygen atoms in total. The van der Waals surface area contributed by atoms with Crippen LogP contribution in [0.15, 0.2) is 6.07 Å². The van der Waals surface area contributed by atoms with Crippen molar-refractivity contribution in [3.05, 3.63) is 22.2 Å². The van der Waals surface area contributed by atoms with Crippen LogP contribution in [0.3, 0.4) is 0 Å². The van der Waals surface area contributed by atoms with Crippen LogP contribution < -0.4 is 9.47 Å². The van der Waals surface area contributed by atoms with E-state index in [4.69, 9.17) is 26.2 Å². The molecule has 1 fully saturated rings. The summed E-state index contributed by atoms with van der Waals surface area (Å²) in [5.74, 6) is 0.637. The number of aliphatic carboxylic acids is 1. The summed E-state index contributed by atoms with van der Waals surface area (Å²) in [5, 5.41) is 9.75. The summed E-state index contributed by atoms with van der Waals surface area (Å²) in [4.78, 5) is 11.1. The molecule has 0 amide bonds. The number of benzene rings is 1. The Bertz CT molecular complexity index is 563. The van der Waals surface area contributed by atoms with E-state index in [-0.39, 0.29) is 11.8 Å². The van der Waals surface area contributed by atoms with Gasteiger partial charge in [0.25, 0.3) is 0 Å². The van der Waals surface area contributed by atoms with Gasteiger partial charge in [0, 0.05) is 22.1 Å². The van der Waals surface area contributed by atoms with E-state index in [1.807, 2.05) is 6.92 Å². The van der Waals surface area contributed by atoms with Crippen LogP contribution in [0.25, 0.3) is 0 Å². The van der Waals surface area contributed by atoms with E-state index in [9.17, 15) is 4.79 Å². The monoisotopic (exact) mass is 296 g/mol. The van der Waals surface area contributed by atoms with Gasteiger partial charge in [-0.25, -0.2) is 0 Å². The Balaban J connectivity index is 2.13. The zero-order valence-corrected chi connectivity index (χ0v) is 12.1. The third-order valence-corrected chi connectivity index (χ3v) is 4.41. The molecule has 1 aromatic rings. The Hall–Kier alpha value is -1.42. The van der Waals surface area contributed by atoms with Crippen LogP contribution in [-0.4, -0.2) is 24.3 Å². The molecule has 1 aromatic carbocycles. The minimum atomic E-state index is -0.782. The summed E-state index contributed by atoms with van der Waals surface area (Å²) >= 11 is 6.42. The molecule has 1 saturated carbocycles. The summed E-state index contributed by atoms with van der Waals surface area (Å²) < 4.78 is 11.3. The zero-order chi connectivity index (χ0) is 14.3. The molecule has 1 N–H and O–H groups in total. The maximum absolute atomic E-state index is 11.1. The van der Waals surface area contributed by atoms with Gasteiger partial charge < -0.3 is 14.6 Å². The first-order valence-corrected chi connectivity index (χ1v) is 7.28. The van der Waals surface area contributed by atoms with Crippen molar-refractivity contribution >= 4 is 17.6 Å². The number of rotatable bonds is 4. The van der Waals surface area contributed by atoms with Crippen LogP contribution in [0.4, 0.5) is 0 Å². The summed E-state index contributed by atoms with van der Waals surface area (Å²) in [6.45, 7) is 3.07. The van der Waals surface area contributed by atoms with Gasteiger partial charge in [0.2, 0.25) is 0 Å². The van der Waals surface area contributed by atoms with Crippen molar-refractivity contribution in [2.24, 2.45) is 0 Å². The van der Waals surface area contributed by atoms with Crippen molar-refractivity contribution in [2.45, 2.75) is 38.0 Å². The highest BCUT2D eigenvalue weighted by molar-refractivity contribution is 6.32. The Labute approximate surface area is 122 Å². The van der Waals surface area contributed by atoms with E-state index in [0.717, 1.165) is 36.1 Å². The SMILES string of the molecule is CCc1c2c(cc(Cl)c1C1(CC(=O)O)CC1)OCCO2. The first-order chi connectivity index (χ1) is 9.57. The summed E-state index contributed by atoms with van der Waals surface area (Å²) in [7, 11) is 0. The molecule has 1 heterocycles. The van der Waals surface area contributed by atoms with Crippen LogP contribution in [0.1, 0.15) is 37.3 Å². The van der Waals surface area contributed by atoms with Gasteiger partial charge in [-0.05, 0) is 24.8 Å². The second kappa shape index (κ2) is 4.85. The molecule has 5 heteroatoms. The predicted octanol–water partition coefficient (Wildman–Crippen LogP) is 3.18. The standard InChI is InChI=1S/C15H17ClO4/c1-2-9-13(15(3-4-15)8-12(17)18)10(16)7-11-14(9)20-6-5-19-11/h7H,2-6,8H2,1H3,(H,17,18). The smallest absolute Gasteiger partial charge is 0.304 e. The fourth-order valence-electron chi connectivity index (χ4n) is 3.09. The van der Waals surface area contributed by atoms with Crippen molar-refractivity contribution in [2.75, 3.05) is 13.2 Å². The maximum atomic E-state index is 11.1. The summed E-state index contributed by atoms with van der Waals surface area (Å²) in [6.07, 6.45) is 2.61. The van der Waals surface area contributed by atoms with E-state index in [1.165, 1.54) is 0 Å². The lowest BCUT2D eigenvalue weighted by molar-refractivity contribution is -0.137. The largest absolute Gasteiger partial charge is 0.486 e. The normalized spacial score (nSPS) is 18.7. The average Bonchev–Trinajstić information content (AvgIpc) is 3.16. The highest BCUT2D eigenvalue weighted by atomic mass is 35.5. The fraction of sp³-hybridized carbons (Fsp3) is 0.533. The van der Waals surface area contributed by atoms with Gasteiger partial charge >= 0.3 is 5.97 Å². The van der Waals surface area contributed by atoms with Gasteiger partial charge in [-0.1, -0.05) is 18.5 Å². The van der Waals surface area contributed by atoms with Crippen molar-refractivity contribution in [3.63, 3.8) is 0 Å². The number of hydrogen-bond donors (Lipinski definition) is 1. The molecule has 2 aliphatic rings. The molecule has 20 heavy (non-hydrogen) atoms. The number of carboxylic acids is 1. The number of hydrogen-bond acceptors (Lipinski definition) is 3. The van der Waals surface area contributed by atoms with Crippen LogP contribution >= 0.6 is 11.6 Å². The third kappa shape index (κ3) is 2.12. The number of ether oxygens (including phenoxy) is 2. The molecule has 0 atom stereocenters. The van der Waals surface area contributed by atoms with Crippen molar-refractivity contribution < 1.29 is 19.4 Å². The number of halogens is 1. The Morgan fingerprint density at radius 3 is 2.70 bits per heavy atom. The van der Waals surface area contributed by atoms with Crippen LogP contribution in [-0.2, 0) is 16.6 Å². The summed E-state index contributed by atoms with van der Waals surface area (Å²) in [6, 6.07) is 1.77. The Kier molecular flexibility index (Phi) is 3.28. The molecule has 0 spiro atoms. The van der Waals surface area contributed by atoms with Crippen molar-refractivity contribution in [3.8, 4) is 11.5 Å². The van der Waals surface area contributed by atoms with Gasteiger partial charge in [0.1, 0.15) is 13.2 Å². The number of carbonyl (C=O) groups is 1. The lowest BCUT2D eigenvalue weighted by Crippen LogP contribution is -2.21. The Morgan fingerprint density at radius 1 is 1.40 bits per heavy atom. The molecule has 0 bridgehead atoms. The van der Waals surface area contributed by atoms with E-state index in [2.05, 4.69) is 0 Å². The third-order valence-electron chi connectivity index (χ3n) is 4.11. The molecule has 108 valence electrons. The van der Waals surface area contributed by atoms with Crippen molar-refractivity contribution in [1.29, 1.82) is 0 Å². The summed E-state index contributed by atoms with van der Waals surface area (Å²) in [5.41, 5.74) is 1.64. The van der Waals surface area contributed by atoms with Gasteiger partial charge in [-0.15, -0.1) is 0 Å². The number of carboxylic acid groups (broad SMARTS) is 1. The van der Waals surface area contributed by atoms with E-state index in [0.29, 0.717) is 24.0 Å². The van der Waals surface area contributed by atoms with Gasteiger partial charge in [0.05, 0.1) is 6.42 Å². The second-order valence-electron chi connectivity index (χ2n) is 5.44. The first kappa shape index (κ1) is 13.6. The highest BCUT2D eigenvalue weighted by Gasteiger charge is 2.49. The van der Waals surface area contributed by atoms with E-state index >= 15 is 0 Å². The van der Waals surface area contributed by atoms with Crippen LogP contribution in [0, 0.1) is 0 Å².